The Morgan fingerprint density at radius 2 is 2.33 bits per heavy atom. The lowest BCUT2D eigenvalue weighted by molar-refractivity contribution is 0.136. The van der Waals surface area contributed by atoms with Gasteiger partial charge >= 0.3 is 0 Å². The average Bonchev–Trinajstić information content (AvgIpc) is 2.78. The highest BCUT2D eigenvalue weighted by Gasteiger charge is 2.27. The van der Waals surface area contributed by atoms with E-state index in [1.807, 2.05) is 4.90 Å². The smallest absolute Gasteiger partial charge is 0.147 e. The van der Waals surface area contributed by atoms with Gasteiger partial charge in [0.15, 0.2) is 0 Å². The van der Waals surface area contributed by atoms with Gasteiger partial charge in [0.1, 0.15) is 10.8 Å². The van der Waals surface area contributed by atoms with Crippen LogP contribution in [0.4, 0.5) is 10.1 Å². The molecule has 1 aliphatic heterocycles. The summed E-state index contributed by atoms with van der Waals surface area (Å²) in [5.74, 6) is -0.105. The van der Waals surface area contributed by atoms with Gasteiger partial charge in [-0.1, -0.05) is 12.2 Å². The number of anilines is 1. The van der Waals surface area contributed by atoms with Crippen LogP contribution < -0.4 is 10.6 Å². The molecule has 0 radical (unpaired) electrons. The number of thiocarbonyl (C=S) groups is 1. The van der Waals surface area contributed by atoms with Gasteiger partial charge in [0.05, 0.1) is 11.8 Å². The molecule has 0 saturated carbocycles. The number of aliphatic hydroxyl groups excluding tert-OH is 1. The van der Waals surface area contributed by atoms with E-state index < -0.39 is 0 Å². The van der Waals surface area contributed by atoms with Crippen molar-refractivity contribution in [2.24, 2.45) is 11.7 Å². The summed E-state index contributed by atoms with van der Waals surface area (Å²) >= 11 is 4.82. The summed E-state index contributed by atoms with van der Waals surface area (Å²) in [7, 11) is 0. The van der Waals surface area contributed by atoms with Crippen LogP contribution in [-0.4, -0.2) is 29.3 Å². The predicted molar refractivity (Wildman–Crippen MR) is 74.3 cm³/mol. The maximum Gasteiger partial charge on any atom is 0.147 e. The Hall–Kier alpha value is -1.20. The molecule has 0 spiro atoms. The highest BCUT2D eigenvalue weighted by Crippen LogP contribution is 2.28. The Bertz CT molecular complexity index is 464. The molecular weight excluding hydrogens is 251 g/mol. The average molecular weight is 268 g/mol. The van der Waals surface area contributed by atoms with Crippen LogP contribution in [0, 0.1) is 11.7 Å². The summed E-state index contributed by atoms with van der Waals surface area (Å²) in [5.41, 5.74) is 6.56. The van der Waals surface area contributed by atoms with Gasteiger partial charge in [-0.25, -0.2) is 4.39 Å². The van der Waals surface area contributed by atoms with Crippen LogP contribution in [0.5, 0.6) is 0 Å². The monoisotopic (exact) mass is 268 g/mol. The fourth-order valence-electron chi connectivity index (χ4n) is 2.32. The van der Waals surface area contributed by atoms with Gasteiger partial charge in [-0.3, -0.25) is 0 Å². The standard InChI is InChI=1S/C13H17FN2OS/c1-8(17)10-4-5-16(7-10)12-3-2-9(13(15)18)6-11(12)14/h2-3,6,8,10,17H,4-5,7H2,1H3,(H2,15,18). The van der Waals surface area contributed by atoms with Crippen molar-refractivity contribution in [3.63, 3.8) is 0 Å². The van der Waals surface area contributed by atoms with Crippen molar-refractivity contribution < 1.29 is 9.50 Å². The summed E-state index contributed by atoms with van der Waals surface area (Å²) in [6, 6.07) is 4.80. The van der Waals surface area contributed by atoms with Gasteiger partial charge in [0, 0.05) is 24.6 Å². The van der Waals surface area contributed by atoms with Crippen LogP contribution in [0.2, 0.25) is 0 Å². The normalized spacial score (nSPS) is 21.1. The minimum absolute atomic E-state index is 0.198. The highest BCUT2D eigenvalue weighted by molar-refractivity contribution is 7.80. The minimum Gasteiger partial charge on any atom is -0.393 e. The molecule has 3 N–H and O–H groups in total. The molecule has 1 heterocycles. The predicted octanol–water partition coefficient (Wildman–Crippen LogP) is 1.67. The van der Waals surface area contributed by atoms with Crippen molar-refractivity contribution in [3.05, 3.63) is 29.6 Å². The van der Waals surface area contributed by atoms with E-state index in [1.54, 1.807) is 19.1 Å². The van der Waals surface area contributed by atoms with Crippen LogP contribution in [0.3, 0.4) is 0 Å². The third-order valence-electron chi connectivity index (χ3n) is 3.48. The molecule has 18 heavy (non-hydrogen) atoms. The zero-order valence-electron chi connectivity index (χ0n) is 10.3. The second kappa shape index (κ2) is 5.20. The van der Waals surface area contributed by atoms with Crippen molar-refractivity contribution in [2.75, 3.05) is 18.0 Å². The van der Waals surface area contributed by atoms with Gasteiger partial charge in [0.2, 0.25) is 0 Å². The third kappa shape index (κ3) is 2.62. The largest absolute Gasteiger partial charge is 0.393 e. The van der Waals surface area contributed by atoms with E-state index in [9.17, 15) is 9.50 Å². The maximum absolute atomic E-state index is 14.0. The lowest BCUT2D eigenvalue weighted by atomic mass is 10.0. The SMILES string of the molecule is CC(O)C1CCN(c2ccc(C(N)=S)cc2F)C1. The van der Waals surface area contributed by atoms with Crippen molar-refractivity contribution >= 4 is 22.9 Å². The van der Waals surface area contributed by atoms with E-state index >= 15 is 0 Å². The Morgan fingerprint density at radius 1 is 1.61 bits per heavy atom. The molecule has 0 aromatic heterocycles. The molecule has 1 saturated heterocycles. The Kier molecular flexibility index (Phi) is 3.82. The first kappa shape index (κ1) is 13.2. The number of benzene rings is 1. The molecule has 98 valence electrons. The molecule has 3 nitrogen and oxygen atoms in total. The van der Waals surface area contributed by atoms with Crippen molar-refractivity contribution in [2.45, 2.75) is 19.4 Å². The minimum atomic E-state index is -0.353. The van der Waals surface area contributed by atoms with Gasteiger partial charge in [-0.2, -0.15) is 0 Å². The fourth-order valence-corrected chi connectivity index (χ4v) is 2.44. The number of rotatable bonds is 3. The van der Waals surface area contributed by atoms with Crippen molar-refractivity contribution in [1.29, 1.82) is 0 Å². The third-order valence-corrected chi connectivity index (χ3v) is 3.72. The number of aliphatic hydroxyl groups is 1. The van der Waals surface area contributed by atoms with Crippen molar-refractivity contribution in [1.82, 2.24) is 0 Å². The first-order valence-corrected chi connectivity index (χ1v) is 6.42. The molecule has 0 bridgehead atoms. The van der Waals surface area contributed by atoms with E-state index in [0.29, 0.717) is 17.8 Å². The molecule has 2 unspecified atom stereocenters. The Morgan fingerprint density at radius 3 is 2.83 bits per heavy atom. The van der Waals surface area contributed by atoms with E-state index in [1.165, 1.54) is 6.07 Å². The lowest BCUT2D eigenvalue weighted by Gasteiger charge is -2.20. The maximum atomic E-state index is 14.0. The van der Waals surface area contributed by atoms with Crippen molar-refractivity contribution in [3.8, 4) is 0 Å². The van der Waals surface area contributed by atoms with Crippen LogP contribution in [0.1, 0.15) is 18.9 Å². The zero-order chi connectivity index (χ0) is 13.3. The molecular formula is C13H17FN2OS. The first-order chi connectivity index (χ1) is 8.49. The van der Waals surface area contributed by atoms with E-state index in [-0.39, 0.29) is 22.8 Å². The van der Waals surface area contributed by atoms with E-state index in [4.69, 9.17) is 18.0 Å². The summed E-state index contributed by atoms with van der Waals surface area (Å²) in [5, 5.41) is 9.55. The van der Waals surface area contributed by atoms with Crippen LogP contribution in [0.15, 0.2) is 18.2 Å². The topological polar surface area (TPSA) is 49.5 Å². The van der Waals surface area contributed by atoms with Crippen LogP contribution in [0.25, 0.3) is 0 Å². The molecule has 1 aromatic rings. The second-order valence-corrected chi connectivity index (χ2v) is 5.21. The Labute approximate surface area is 111 Å². The van der Waals surface area contributed by atoms with E-state index in [0.717, 1.165) is 13.0 Å². The number of hydrogen-bond donors (Lipinski definition) is 2. The number of halogens is 1. The molecule has 1 aliphatic rings. The highest BCUT2D eigenvalue weighted by atomic mass is 32.1. The quantitative estimate of drug-likeness (QED) is 0.819. The first-order valence-electron chi connectivity index (χ1n) is 6.01. The summed E-state index contributed by atoms with van der Waals surface area (Å²) < 4.78 is 14.0. The molecule has 1 aromatic carbocycles. The molecule has 0 amide bonds. The summed E-state index contributed by atoms with van der Waals surface area (Å²) in [4.78, 5) is 2.15. The number of nitrogens with zero attached hydrogens (tertiary/aromatic N) is 1. The van der Waals surface area contributed by atoms with Gasteiger partial charge in [0.25, 0.3) is 0 Å². The van der Waals surface area contributed by atoms with E-state index in [2.05, 4.69) is 0 Å². The second-order valence-electron chi connectivity index (χ2n) is 4.77. The number of nitrogens with two attached hydrogens (primary N) is 1. The number of hydrogen-bond acceptors (Lipinski definition) is 3. The van der Waals surface area contributed by atoms with Gasteiger partial charge < -0.3 is 15.7 Å². The van der Waals surface area contributed by atoms with Crippen LogP contribution in [-0.2, 0) is 0 Å². The van der Waals surface area contributed by atoms with Crippen LogP contribution >= 0.6 is 12.2 Å². The molecule has 2 rings (SSSR count). The van der Waals surface area contributed by atoms with Gasteiger partial charge in [-0.05, 0) is 31.5 Å². The molecule has 5 heteroatoms. The fraction of sp³-hybridized carbons (Fsp3) is 0.462. The molecule has 2 atom stereocenters. The van der Waals surface area contributed by atoms with Gasteiger partial charge in [-0.15, -0.1) is 0 Å². The molecule has 0 aliphatic carbocycles. The zero-order valence-corrected chi connectivity index (χ0v) is 11.1. The Balaban J connectivity index is 2.18. The molecule has 1 fully saturated rings. The summed E-state index contributed by atoms with van der Waals surface area (Å²) in [6.45, 7) is 3.22. The lowest BCUT2D eigenvalue weighted by Crippen LogP contribution is -2.24. The summed E-state index contributed by atoms with van der Waals surface area (Å²) in [6.07, 6.45) is 0.530.